The molecule has 4 aromatic carbocycles. The molecule has 0 aliphatic heterocycles. The zero-order valence-electron chi connectivity index (χ0n) is 13.9. The molecule has 3 nitrogen and oxygen atoms in total. The van der Waals surface area contributed by atoms with Crippen molar-refractivity contribution in [1.29, 1.82) is 0 Å². The summed E-state index contributed by atoms with van der Waals surface area (Å²) in [5.41, 5.74) is 0. The van der Waals surface area contributed by atoms with Crippen LogP contribution in [0.4, 0.5) is 0 Å². The molecule has 0 aliphatic rings. The van der Waals surface area contributed by atoms with Gasteiger partial charge in [0.2, 0.25) is 0 Å². The van der Waals surface area contributed by atoms with Crippen molar-refractivity contribution in [3.05, 3.63) is 60.7 Å². The smallest absolute Gasteiger partial charge is 0.119 e. The van der Waals surface area contributed by atoms with Crippen LogP contribution in [0.1, 0.15) is 13.8 Å². The number of hydrogen-bond donors (Lipinski definition) is 0. The van der Waals surface area contributed by atoms with Gasteiger partial charge < -0.3 is 0 Å². The highest BCUT2D eigenvalue weighted by Gasteiger charge is 2.15. The first-order valence-electron chi connectivity index (χ1n) is 8.10. The molecular weight excluding hydrogens is 319 g/mol. The molecule has 0 saturated carbocycles. The van der Waals surface area contributed by atoms with Crippen LogP contribution in [0.25, 0.3) is 32.3 Å². The molecule has 0 bridgehead atoms. The lowest BCUT2D eigenvalue weighted by Crippen LogP contribution is -1.82. The fourth-order valence-electron chi connectivity index (χ4n) is 2.92. The van der Waals surface area contributed by atoms with Gasteiger partial charge in [-0.2, -0.15) is 0 Å². The molecule has 0 unspecified atom stereocenters. The van der Waals surface area contributed by atoms with Crippen molar-refractivity contribution in [2.75, 3.05) is 13.2 Å². The van der Waals surface area contributed by atoms with E-state index in [9.17, 15) is 4.57 Å². The molecule has 4 heteroatoms. The average molecular weight is 339 g/mol. The standard InChI is InChI=1S/C16H10.C4H10O3P/c1-3-11-7-9-13-5-2-6-14-10-8-12(4-1)15(11)16(13)14;1-3-6-8(5)7-4-2/h1-10H;3-4H2,1-2H3/q;+1. The third kappa shape index (κ3) is 3.39. The molecule has 0 saturated heterocycles. The molecule has 0 spiro atoms. The van der Waals surface area contributed by atoms with E-state index in [0.29, 0.717) is 13.2 Å². The maximum Gasteiger partial charge on any atom is 0.697 e. The van der Waals surface area contributed by atoms with Crippen LogP contribution in [0.2, 0.25) is 0 Å². The second kappa shape index (κ2) is 7.67. The first-order valence-corrected chi connectivity index (χ1v) is 9.19. The molecule has 122 valence electrons. The molecular formula is C20H20O3P+. The van der Waals surface area contributed by atoms with Crippen LogP contribution in [0.15, 0.2) is 60.7 Å². The van der Waals surface area contributed by atoms with Crippen LogP contribution in [0, 0.1) is 0 Å². The zero-order valence-corrected chi connectivity index (χ0v) is 14.8. The van der Waals surface area contributed by atoms with Gasteiger partial charge in [0.15, 0.2) is 0 Å². The Balaban J connectivity index is 0.000000183. The summed E-state index contributed by atoms with van der Waals surface area (Å²) in [6, 6.07) is 21.9. The highest BCUT2D eigenvalue weighted by Crippen LogP contribution is 2.33. The summed E-state index contributed by atoms with van der Waals surface area (Å²) in [4.78, 5) is 0. The Kier molecular flexibility index (Phi) is 5.37. The van der Waals surface area contributed by atoms with Crippen molar-refractivity contribution in [2.45, 2.75) is 13.8 Å². The minimum atomic E-state index is -1.83. The van der Waals surface area contributed by atoms with E-state index in [1.165, 1.54) is 32.3 Å². The quantitative estimate of drug-likeness (QED) is 0.323. The summed E-state index contributed by atoms with van der Waals surface area (Å²) in [6.07, 6.45) is 0. The molecule has 24 heavy (non-hydrogen) atoms. The molecule has 0 heterocycles. The Hall–Kier alpha value is -2.06. The Morgan fingerprint density at radius 2 is 1.00 bits per heavy atom. The number of rotatable bonds is 4. The predicted octanol–water partition coefficient (Wildman–Crippen LogP) is 6.30. The molecule has 4 aromatic rings. The van der Waals surface area contributed by atoms with Gasteiger partial charge >= 0.3 is 8.25 Å². The average Bonchev–Trinajstić information content (AvgIpc) is 2.61. The SMILES string of the molecule is CCO[P+](=O)OCC.c1cc2ccc3cccc4ccc(c1)c2c34. The van der Waals surface area contributed by atoms with Crippen molar-refractivity contribution in [3.8, 4) is 0 Å². The molecule has 0 atom stereocenters. The van der Waals surface area contributed by atoms with Crippen molar-refractivity contribution < 1.29 is 13.6 Å². The second-order valence-corrected chi connectivity index (χ2v) is 6.31. The van der Waals surface area contributed by atoms with E-state index in [2.05, 4.69) is 69.7 Å². The summed E-state index contributed by atoms with van der Waals surface area (Å²) in [5, 5.41) is 8.14. The highest BCUT2D eigenvalue weighted by atomic mass is 31.1. The maximum absolute atomic E-state index is 10.3. The zero-order chi connectivity index (χ0) is 16.9. The maximum atomic E-state index is 10.3. The van der Waals surface area contributed by atoms with E-state index in [0.717, 1.165) is 0 Å². The topological polar surface area (TPSA) is 35.5 Å². The monoisotopic (exact) mass is 339 g/mol. The van der Waals surface area contributed by atoms with Gasteiger partial charge in [-0.15, -0.1) is 9.05 Å². The lowest BCUT2D eigenvalue weighted by molar-refractivity contribution is 0.243. The molecule has 0 radical (unpaired) electrons. The fraction of sp³-hybridized carbons (Fsp3) is 0.200. The van der Waals surface area contributed by atoms with Crippen LogP contribution in [-0.4, -0.2) is 13.2 Å². The van der Waals surface area contributed by atoms with Gasteiger partial charge in [-0.1, -0.05) is 60.7 Å². The van der Waals surface area contributed by atoms with Gasteiger partial charge in [0.05, 0.1) is 0 Å². The lowest BCUT2D eigenvalue weighted by atomic mass is 9.95. The van der Waals surface area contributed by atoms with E-state index in [4.69, 9.17) is 0 Å². The van der Waals surface area contributed by atoms with Gasteiger partial charge in [-0.25, -0.2) is 0 Å². The normalized spacial score (nSPS) is 10.9. The first kappa shape index (κ1) is 16.8. The fourth-order valence-corrected chi connectivity index (χ4v) is 3.41. The van der Waals surface area contributed by atoms with Crippen LogP contribution in [0.3, 0.4) is 0 Å². The van der Waals surface area contributed by atoms with Crippen molar-refractivity contribution in [3.63, 3.8) is 0 Å². The summed E-state index contributed by atoms with van der Waals surface area (Å²) >= 11 is 0. The van der Waals surface area contributed by atoms with Gasteiger partial charge in [-0.3, -0.25) is 0 Å². The van der Waals surface area contributed by atoms with Gasteiger partial charge in [0, 0.05) is 4.57 Å². The van der Waals surface area contributed by atoms with Gasteiger partial charge in [-0.05, 0) is 46.2 Å². The minimum absolute atomic E-state index is 0.440. The minimum Gasteiger partial charge on any atom is -0.119 e. The van der Waals surface area contributed by atoms with Gasteiger partial charge in [0.25, 0.3) is 0 Å². The Bertz CT molecular complexity index is 827. The number of hydrogen-bond acceptors (Lipinski definition) is 3. The van der Waals surface area contributed by atoms with Crippen LogP contribution >= 0.6 is 8.25 Å². The molecule has 0 aliphatic carbocycles. The largest absolute Gasteiger partial charge is 0.697 e. The van der Waals surface area contributed by atoms with Crippen LogP contribution in [0.5, 0.6) is 0 Å². The summed E-state index contributed by atoms with van der Waals surface area (Å²) in [5.74, 6) is 0. The summed E-state index contributed by atoms with van der Waals surface area (Å²) in [7, 11) is -1.83. The molecule has 0 N–H and O–H groups in total. The van der Waals surface area contributed by atoms with E-state index in [1.807, 2.05) is 0 Å². The Morgan fingerprint density at radius 1 is 0.667 bits per heavy atom. The Labute approximate surface area is 142 Å². The van der Waals surface area contributed by atoms with E-state index >= 15 is 0 Å². The van der Waals surface area contributed by atoms with E-state index < -0.39 is 8.25 Å². The molecule has 0 amide bonds. The third-order valence-electron chi connectivity index (χ3n) is 3.86. The second-order valence-electron chi connectivity index (χ2n) is 5.35. The highest BCUT2D eigenvalue weighted by molar-refractivity contribution is 7.33. The van der Waals surface area contributed by atoms with E-state index in [1.54, 1.807) is 13.8 Å². The lowest BCUT2D eigenvalue weighted by Gasteiger charge is -2.09. The van der Waals surface area contributed by atoms with Gasteiger partial charge in [0.1, 0.15) is 13.2 Å². The van der Waals surface area contributed by atoms with Crippen molar-refractivity contribution in [1.82, 2.24) is 0 Å². The van der Waals surface area contributed by atoms with Crippen molar-refractivity contribution >= 4 is 40.6 Å². The van der Waals surface area contributed by atoms with Crippen LogP contribution < -0.4 is 0 Å². The number of benzene rings is 4. The molecule has 0 fully saturated rings. The Morgan fingerprint density at radius 3 is 1.29 bits per heavy atom. The third-order valence-corrected chi connectivity index (χ3v) is 4.80. The van der Waals surface area contributed by atoms with Crippen molar-refractivity contribution in [2.24, 2.45) is 0 Å². The summed E-state index contributed by atoms with van der Waals surface area (Å²) < 4.78 is 19.5. The van der Waals surface area contributed by atoms with E-state index in [-0.39, 0.29) is 0 Å². The summed E-state index contributed by atoms with van der Waals surface area (Å²) in [6.45, 7) is 4.42. The molecule has 0 aromatic heterocycles. The first-order chi connectivity index (χ1) is 11.7. The predicted molar refractivity (Wildman–Crippen MR) is 101 cm³/mol. The van der Waals surface area contributed by atoms with Crippen LogP contribution in [-0.2, 0) is 13.6 Å². The molecule has 4 rings (SSSR count).